The van der Waals surface area contributed by atoms with Gasteiger partial charge in [-0.25, -0.2) is 18.9 Å². The van der Waals surface area contributed by atoms with Gasteiger partial charge in [-0.1, -0.05) is 6.07 Å². The van der Waals surface area contributed by atoms with Gasteiger partial charge in [-0.15, -0.1) is 0 Å². The van der Waals surface area contributed by atoms with Gasteiger partial charge >= 0.3 is 0 Å². The minimum atomic E-state index is -0.754. The number of fused-ring (bicyclic) bond motifs is 2. The van der Waals surface area contributed by atoms with Gasteiger partial charge in [0.2, 0.25) is 0 Å². The van der Waals surface area contributed by atoms with Crippen molar-refractivity contribution in [2.24, 2.45) is 5.92 Å². The molecule has 4 saturated carbocycles. The lowest BCUT2D eigenvalue weighted by Crippen LogP contribution is -2.61. The molecule has 2 bridgehead atoms. The molecule has 8 nitrogen and oxygen atoms in total. The third kappa shape index (κ3) is 2.43. The summed E-state index contributed by atoms with van der Waals surface area (Å²) < 4.78 is 19.3. The van der Waals surface area contributed by atoms with E-state index in [9.17, 15) is 9.90 Å². The Hall–Kier alpha value is -3.33. The third-order valence-corrected chi connectivity index (χ3v) is 8.01. The van der Waals surface area contributed by atoms with Crippen LogP contribution in [-0.2, 0) is 5.54 Å². The molecule has 0 atom stereocenters. The number of rotatable bonds is 3. The van der Waals surface area contributed by atoms with E-state index in [1.807, 2.05) is 6.07 Å². The highest BCUT2D eigenvalue weighted by Gasteiger charge is 2.58. The number of benzene rings is 1. The molecule has 3 aromatic heterocycles. The minimum Gasteiger partial charge on any atom is -0.390 e. The molecule has 4 aliphatic rings. The largest absolute Gasteiger partial charge is 0.390 e. The number of hydrogen-bond donors (Lipinski definition) is 2. The molecule has 4 fully saturated rings. The number of nitrogens with two attached hydrogens (primary N) is 1. The number of aromatic nitrogens is 5. The summed E-state index contributed by atoms with van der Waals surface area (Å²) in [7, 11) is 0. The van der Waals surface area contributed by atoms with Gasteiger partial charge in [0.15, 0.2) is 5.82 Å². The van der Waals surface area contributed by atoms with E-state index in [1.54, 1.807) is 34.3 Å². The monoisotopic (exact) mass is 446 g/mol. The average molecular weight is 446 g/mol. The van der Waals surface area contributed by atoms with Gasteiger partial charge in [-0.05, 0) is 62.5 Å². The molecule has 4 aliphatic carbocycles. The quantitative estimate of drug-likeness (QED) is 0.501. The Morgan fingerprint density at radius 1 is 1.18 bits per heavy atom. The molecule has 3 N–H and O–H groups in total. The fraction of sp³-hybridized carbons (Fsp3) is 0.417. The van der Waals surface area contributed by atoms with E-state index in [0.29, 0.717) is 41.2 Å². The van der Waals surface area contributed by atoms with Crippen LogP contribution in [0.25, 0.3) is 27.5 Å². The predicted molar refractivity (Wildman–Crippen MR) is 120 cm³/mol. The summed E-state index contributed by atoms with van der Waals surface area (Å²) in [6.45, 7) is 1.78. The van der Waals surface area contributed by atoms with Gasteiger partial charge in [0.25, 0.3) is 5.56 Å². The van der Waals surface area contributed by atoms with E-state index >= 15 is 4.39 Å². The van der Waals surface area contributed by atoms with Crippen LogP contribution < -0.4 is 11.3 Å². The smallest absolute Gasteiger partial charge is 0.261 e. The molecule has 0 aliphatic heterocycles. The summed E-state index contributed by atoms with van der Waals surface area (Å²) in [5.74, 6) is 0.868. The second-order valence-corrected chi connectivity index (χ2v) is 10.4. The Labute approximate surface area is 187 Å². The maximum atomic E-state index is 16.0. The van der Waals surface area contributed by atoms with Crippen molar-refractivity contribution in [2.45, 2.75) is 56.1 Å². The molecule has 4 aromatic rings. The van der Waals surface area contributed by atoms with Gasteiger partial charge in [0.1, 0.15) is 29.2 Å². The Morgan fingerprint density at radius 2 is 1.94 bits per heavy atom. The summed E-state index contributed by atoms with van der Waals surface area (Å²) in [6, 6.07) is 5.20. The highest BCUT2D eigenvalue weighted by molar-refractivity contribution is 5.92. The van der Waals surface area contributed by atoms with Crippen molar-refractivity contribution in [2.75, 3.05) is 5.73 Å². The zero-order chi connectivity index (χ0) is 22.7. The Morgan fingerprint density at radius 3 is 2.61 bits per heavy atom. The maximum absolute atomic E-state index is 16.0. The predicted octanol–water partition coefficient (Wildman–Crippen LogP) is 2.96. The molecule has 1 aromatic carbocycles. The topological polar surface area (TPSA) is 111 Å². The average Bonchev–Trinajstić information content (AvgIpc) is 3.06. The van der Waals surface area contributed by atoms with Crippen molar-refractivity contribution in [1.82, 2.24) is 24.1 Å². The van der Waals surface area contributed by atoms with Gasteiger partial charge in [0.05, 0.1) is 11.0 Å². The number of halogens is 1. The lowest BCUT2D eigenvalue weighted by atomic mass is 9.49. The van der Waals surface area contributed by atoms with Crippen LogP contribution in [-0.4, -0.2) is 34.9 Å². The molecule has 0 saturated heterocycles. The van der Waals surface area contributed by atoms with E-state index < -0.39 is 11.4 Å². The first-order valence-corrected chi connectivity index (χ1v) is 11.3. The van der Waals surface area contributed by atoms with Crippen LogP contribution in [0.15, 0.2) is 35.5 Å². The lowest BCUT2D eigenvalue weighted by Gasteiger charge is -2.62. The maximum Gasteiger partial charge on any atom is 0.261 e. The van der Waals surface area contributed by atoms with Gasteiger partial charge in [-0.3, -0.25) is 4.79 Å². The summed E-state index contributed by atoms with van der Waals surface area (Å²) in [5.41, 5.74) is 5.92. The minimum absolute atomic E-state index is 0.0272. The summed E-state index contributed by atoms with van der Waals surface area (Å²) in [6.07, 6.45) is 7.19. The molecular weight excluding hydrogens is 423 g/mol. The number of pyridine rings is 1. The van der Waals surface area contributed by atoms with Gasteiger partial charge < -0.3 is 15.4 Å². The third-order valence-electron chi connectivity index (χ3n) is 8.01. The molecule has 9 heteroatoms. The molecule has 33 heavy (non-hydrogen) atoms. The van der Waals surface area contributed by atoms with E-state index in [4.69, 9.17) is 10.7 Å². The number of aliphatic hydroxyl groups is 1. The van der Waals surface area contributed by atoms with Gasteiger partial charge in [-0.2, -0.15) is 5.10 Å². The van der Waals surface area contributed by atoms with Crippen LogP contribution in [0.3, 0.4) is 0 Å². The Kier molecular flexibility index (Phi) is 3.46. The number of nitrogen functional groups attached to an aromatic ring is 1. The van der Waals surface area contributed by atoms with E-state index in [2.05, 4.69) is 10.1 Å². The number of anilines is 1. The van der Waals surface area contributed by atoms with Crippen molar-refractivity contribution in [3.63, 3.8) is 0 Å². The zero-order valence-electron chi connectivity index (χ0n) is 18.1. The van der Waals surface area contributed by atoms with Crippen LogP contribution in [0.5, 0.6) is 0 Å². The molecule has 3 heterocycles. The van der Waals surface area contributed by atoms with Crippen molar-refractivity contribution < 1.29 is 9.50 Å². The first-order chi connectivity index (χ1) is 15.8. The van der Waals surface area contributed by atoms with E-state index in [0.717, 1.165) is 19.3 Å². The molecule has 0 amide bonds. The normalized spacial score (nSPS) is 30.2. The Balaban J connectivity index is 1.45. The summed E-state index contributed by atoms with van der Waals surface area (Å²) in [4.78, 5) is 22.2. The summed E-state index contributed by atoms with van der Waals surface area (Å²) >= 11 is 0. The standard InChI is InChI=1S/C24H23FN6O2/c1-23(33)9-14(10-23)21-29-18(19-20(26)27-11-28-31(19)21)15-3-2-13-4-5-30(22(32)16(13)17(15)25)24-6-12(7-24)8-24/h2-5,11-12,14,33H,6-10H2,1H3,(H2,26,27,28). The number of hydrogen-bond acceptors (Lipinski definition) is 6. The molecular formula is C24H23FN6O2. The second-order valence-electron chi connectivity index (χ2n) is 10.4. The van der Waals surface area contributed by atoms with Crippen molar-refractivity contribution in [3.8, 4) is 11.3 Å². The Bertz CT molecular complexity index is 1530. The van der Waals surface area contributed by atoms with Crippen molar-refractivity contribution >= 4 is 22.1 Å². The van der Waals surface area contributed by atoms with Crippen LogP contribution in [0, 0.1) is 11.7 Å². The highest BCUT2D eigenvalue weighted by Crippen LogP contribution is 2.61. The molecule has 8 rings (SSSR count). The van der Waals surface area contributed by atoms with Crippen LogP contribution >= 0.6 is 0 Å². The number of nitrogens with zero attached hydrogens (tertiary/aromatic N) is 5. The van der Waals surface area contributed by atoms with Crippen LogP contribution in [0.1, 0.15) is 50.8 Å². The van der Waals surface area contributed by atoms with Gasteiger partial charge in [0, 0.05) is 23.2 Å². The fourth-order valence-electron chi connectivity index (χ4n) is 6.19. The van der Waals surface area contributed by atoms with Crippen LogP contribution in [0.2, 0.25) is 0 Å². The molecule has 0 spiro atoms. The SMILES string of the molecule is CC1(O)CC(c2nc(-c3ccc4ccn(C56CC(C5)C6)c(=O)c4c3F)c3c(N)ncnn23)C1. The molecule has 0 unspecified atom stereocenters. The number of imidazole rings is 1. The van der Waals surface area contributed by atoms with Crippen molar-refractivity contribution in [1.29, 1.82) is 0 Å². The van der Waals surface area contributed by atoms with Crippen molar-refractivity contribution in [3.05, 3.63) is 52.7 Å². The fourth-order valence-corrected chi connectivity index (χ4v) is 6.19. The highest BCUT2D eigenvalue weighted by atomic mass is 19.1. The molecule has 0 radical (unpaired) electrons. The van der Waals surface area contributed by atoms with E-state index in [1.165, 1.54) is 6.33 Å². The van der Waals surface area contributed by atoms with Crippen LogP contribution in [0.4, 0.5) is 10.2 Å². The molecule has 168 valence electrons. The second kappa shape index (κ2) is 5.96. The first-order valence-electron chi connectivity index (χ1n) is 11.3. The van der Waals surface area contributed by atoms with E-state index in [-0.39, 0.29) is 33.8 Å². The zero-order valence-corrected chi connectivity index (χ0v) is 18.1. The lowest BCUT2D eigenvalue weighted by molar-refractivity contribution is -0.0911. The summed E-state index contributed by atoms with van der Waals surface area (Å²) in [5, 5.41) is 15.2. The first kappa shape index (κ1) is 19.2.